The van der Waals surface area contributed by atoms with Crippen LogP contribution >= 0.6 is 23.2 Å². The molecule has 1 aliphatic rings. The number of aromatic nitrogens is 2. The highest BCUT2D eigenvalue weighted by atomic mass is 35.5. The molecule has 0 aromatic carbocycles. The van der Waals surface area contributed by atoms with E-state index in [0.717, 1.165) is 55.3 Å². The van der Waals surface area contributed by atoms with Gasteiger partial charge in [0, 0.05) is 32.6 Å². The monoisotopic (exact) mass is 319 g/mol. The molecule has 1 aliphatic heterocycles. The van der Waals surface area contributed by atoms with E-state index < -0.39 is 0 Å². The first-order valence-electron chi connectivity index (χ1n) is 7.25. The SMILES string of the molecule is CCc1nn(C)c(CN2CCC(OCCCl)CC2)c1Cl. The van der Waals surface area contributed by atoms with Crippen LogP contribution in [0.3, 0.4) is 0 Å². The third kappa shape index (κ3) is 3.88. The smallest absolute Gasteiger partial charge is 0.0863 e. The highest BCUT2D eigenvalue weighted by Gasteiger charge is 2.22. The predicted octanol–water partition coefficient (Wildman–Crippen LogP) is 2.86. The van der Waals surface area contributed by atoms with Crippen molar-refractivity contribution in [1.29, 1.82) is 0 Å². The van der Waals surface area contributed by atoms with Crippen LogP contribution in [0.4, 0.5) is 0 Å². The van der Waals surface area contributed by atoms with Gasteiger partial charge in [-0.2, -0.15) is 5.10 Å². The summed E-state index contributed by atoms with van der Waals surface area (Å²) in [5, 5.41) is 5.30. The zero-order chi connectivity index (χ0) is 14.5. The Kier molecular flexibility index (Phi) is 6.15. The average Bonchev–Trinajstić information content (AvgIpc) is 2.74. The predicted molar refractivity (Wildman–Crippen MR) is 82.6 cm³/mol. The Labute approximate surface area is 131 Å². The van der Waals surface area contributed by atoms with Gasteiger partial charge in [-0.15, -0.1) is 11.6 Å². The van der Waals surface area contributed by atoms with E-state index in [1.807, 2.05) is 11.7 Å². The molecule has 0 aliphatic carbocycles. The minimum atomic E-state index is 0.359. The average molecular weight is 320 g/mol. The Morgan fingerprint density at radius 3 is 2.60 bits per heavy atom. The first-order valence-corrected chi connectivity index (χ1v) is 8.17. The van der Waals surface area contributed by atoms with Gasteiger partial charge in [-0.3, -0.25) is 9.58 Å². The summed E-state index contributed by atoms with van der Waals surface area (Å²) >= 11 is 12.0. The second-order valence-corrected chi connectivity index (χ2v) is 5.98. The van der Waals surface area contributed by atoms with Crippen molar-refractivity contribution in [1.82, 2.24) is 14.7 Å². The lowest BCUT2D eigenvalue weighted by molar-refractivity contribution is 0.0130. The molecule has 0 saturated carbocycles. The first-order chi connectivity index (χ1) is 9.65. The Morgan fingerprint density at radius 1 is 1.35 bits per heavy atom. The van der Waals surface area contributed by atoms with Gasteiger partial charge in [0.1, 0.15) is 0 Å². The molecule has 20 heavy (non-hydrogen) atoms. The number of rotatable bonds is 6. The summed E-state index contributed by atoms with van der Waals surface area (Å²) < 4.78 is 7.61. The zero-order valence-corrected chi connectivity index (χ0v) is 13.8. The largest absolute Gasteiger partial charge is 0.377 e. The molecule has 0 spiro atoms. The standard InChI is InChI=1S/C14H23Cl2N3O/c1-3-12-14(16)13(18(2)17-12)10-19-7-4-11(5-8-19)20-9-6-15/h11H,3-10H2,1-2H3. The molecule has 1 fully saturated rings. The minimum absolute atomic E-state index is 0.359. The molecule has 6 heteroatoms. The zero-order valence-electron chi connectivity index (χ0n) is 12.2. The summed E-state index contributed by atoms with van der Waals surface area (Å²) in [6, 6.07) is 0. The van der Waals surface area contributed by atoms with Crippen LogP contribution in [0.2, 0.25) is 5.02 Å². The number of likely N-dealkylation sites (tertiary alicyclic amines) is 1. The number of halogens is 2. The Bertz CT molecular complexity index is 428. The second kappa shape index (κ2) is 7.64. The highest BCUT2D eigenvalue weighted by Crippen LogP contribution is 2.24. The van der Waals surface area contributed by atoms with Gasteiger partial charge in [0.2, 0.25) is 0 Å². The van der Waals surface area contributed by atoms with Crippen molar-refractivity contribution in [2.75, 3.05) is 25.6 Å². The summed E-state index contributed by atoms with van der Waals surface area (Å²) in [6.07, 6.45) is 3.36. The molecule has 2 rings (SSSR count). The van der Waals surface area contributed by atoms with Crippen LogP contribution in [0.1, 0.15) is 31.2 Å². The van der Waals surface area contributed by atoms with Crippen LogP contribution in [0, 0.1) is 0 Å². The summed E-state index contributed by atoms with van der Waals surface area (Å²) in [7, 11) is 1.97. The molecule has 4 nitrogen and oxygen atoms in total. The molecule has 0 N–H and O–H groups in total. The molecule has 0 amide bonds. The fourth-order valence-corrected chi connectivity index (χ4v) is 3.09. The number of ether oxygens (including phenoxy) is 1. The summed E-state index contributed by atoms with van der Waals surface area (Å²) in [4.78, 5) is 2.42. The summed E-state index contributed by atoms with van der Waals surface area (Å²) in [5.74, 6) is 0.574. The molecule has 0 radical (unpaired) electrons. The Morgan fingerprint density at radius 2 is 2.05 bits per heavy atom. The van der Waals surface area contributed by atoms with Crippen LogP contribution in [0.5, 0.6) is 0 Å². The molecule has 1 saturated heterocycles. The molecule has 0 atom stereocenters. The maximum atomic E-state index is 6.40. The van der Waals surface area contributed by atoms with Crippen LogP contribution in [0.25, 0.3) is 0 Å². The van der Waals surface area contributed by atoms with Gasteiger partial charge in [-0.25, -0.2) is 0 Å². The van der Waals surface area contributed by atoms with Crippen molar-refractivity contribution in [3.8, 4) is 0 Å². The van der Waals surface area contributed by atoms with Crippen molar-refractivity contribution in [2.24, 2.45) is 7.05 Å². The topological polar surface area (TPSA) is 30.3 Å². The summed E-state index contributed by atoms with van der Waals surface area (Å²) in [5.41, 5.74) is 2.10. The van der Waals surface area contributed by atoms with E-state index in [9.17, 15) is 0 Å². The number of hydrogen-bond donors (Lipinski definition) is 0. The lowest BCUT2D eigenvalue weighted by Gasteiger charge is -2.31. The fraction of sp³-hybridized carbons (Fsp3) is 0.786. The number of alkyl halides is 1. The van der Waals surface area contributed by atoms with E-state index in [4.69, 9.17) is 27.9 Å². The van der Waals surface area contributed by atoms with Crippen molar-refractivity contribution in [3.05, 3.63) is 16.4 Å². The quantitative estimate of drug-likeness (QED) is 0.755. The van der Waals surface area contributed by atoms with Gasteiger partial charge in [0.05, 0.1) is 29.1 Å². The molecule has 0 bridgehead atoms. The lowest BCUT2D eigenvalue weighted by atomic mass is 10.1. The molecular formula is C14H23Cl2N3O. The van der Waals surface area contributed by atoms with Crippen molar-refractivity contribution in [3.63, 3.8) is 0 Å². The number of aryl methyl sites for hydroxylation is 2. The van der Waals surface area contributed by atoms with E-state index >= 15 is 0 Å². The van der Waals surface area contributed by atoms with Gasteiger partial charge < -0.3 is 4.74 Å². The molecule has 0 unspecified atom stereocenters. The van der Waals surface area contributed by atoms with Crippen molar-refractivity contribution in [2.45, 2.75) is 38.8 Å². The molecule has 1 aromatic rings. The first kappa shape index (κ1) is 16.1. The maximum Gasteiger partial charge on any atom is 0.0863 e. The molecule has 1 aromatic heterocycles. The van der Waals surface area contributed by atoms with Crippen LogP contribution in [-0.4, -0.2) is 46.4 Å². The van der Waals surface area contributed by atoms with E-state index in [2.05, 4.69) is 16.9 Å². The number of piperidine rings is 1. The van der Waals surface area contributed by atoms with Gasteiger partial charge in [-0.05, 0) is 19.3 Å². The van der Waals surface area contributed by atoms with E-state index in [1.54, 1.807) is 0 Å². The lowest BCUT2D eigenvalue weighted by Crippen LogP contribution is -2.37. The minimum Gasteiger partial charge on any atom is -0.377 e. The van der Waals surface area contributed by atoms with Crippen molar-refractivity contribution >= 4 is 23.2 Å². The number of hydrogen-bond acceptors (Lipinski definition) is 3. The van der Waals surface area contributed by atoms with Gasteiger partial charge in [0.25, 0.3) is 0 Å². The Balaban J connectivity index is 1.88. The van der Waals surface area contributed by atoms with Crippen LogP contribution in [0.15, 0.2) is 0 Å². The van der Waals surface area contributed by atoms with Crippen LogP contribution in [-0.2, 0) is 24.8 Å². The third-order valence-corrected chi connectivity index (χ3v) is 4.43. The Hall–Kier alpha value is -0.290. The maximum absolute atomic E-state index is 6.40. The van der Waals surface area contributed by atoms with E-state index in [1.165, 1.54) is 0 Å². The molecule has 2 heterocycles. The second-order valence-electron chi connectivity index (χ2n) is 5.22. The summed E-state index contributed by atoms with van der Waals surface area (Å²) in [6.45, 7) is 5.67. The van der Waals surface area contributed by atoms with Gasteiger partial charge in [-0.1, -0.05) is 18.5 Å². The molecule has 114 valence electrons. The fourth-order valence-electron chi connectivity index (χ4n) is 2.65. The number of nitrogens with zero attached hydrogens (tertiary/aromatic N) is 3. The van der Waals surface area contributed by atoms with Gasteiger partial charge >= 0.3 is 0 Å². The van der Waals surface area contributed by atoms with E-state index in [0.29, 0.717) is 18.6 Å². The molecular weight excluding hydrogens is 297 g/mol. The van der Waals surface area contributed by atoms with Gasteiger partial charge in [0.15, 0.2) is 0 Å². The third-order valence-electron chi connectivity index (χ3n) is 3.84. The highest BCUT2D eigenvalue weighted by molar-refractivity contribution is 6.31. The van der Waals surface area contributed by atoms with Crippen molar-refractivity contribution < 1.29 is 4.74 Å². The normalized spacial score (nSPS) is 17.8. The van der Waals surface area contributed by atoms with E-state index in [-0.39, 0.29) is 0 Å². The van der Waals surface area contributed by atoms with Crippen LogP contribution < -0.4 is 0 Å².